The molecule has 2 aliphatic rings. The average Bonchev–Trinajstić information content (AvgIpc) is 3.48. The first kappa shape index (κ1) is 29.2. The van der Waals surface area contributed by atoms with E-state index in [1.807, 2.05) is 44.2 Å². The Bertz CT molecular complexity index is 714. The van der Waals surface area contributed by atoms with Crippen LogP contribution in [0.5, 0.6) is 0 Å². The van der Waals surface area contributed by atoms with E-state index in [1.54, 1.807) is 12.5 Å². The van der Waals surface area contributed by atoms with Gasteiger partial charge < -0.3 is 8.83 Å². The summed E-state index contributed by atoms with van der Waals surface area (Å²) in [7, 11) is -1.07. The molecule has 0 amide bonds. The van der Waals surface area contributed by atoms with Gasteiger partial charge in [-0.15, -0.1) is 0 Å². The van der Waals surface area contributed by atoms with E-state index in [4.69, 9.17) is 8.83 Å². The van der Waals surface area contributed by atoms with Crippen LogP contribution in [0.15, 0.2) is 45.6 Å². The second kappa shape index (κ2) is 12.8. The Labute approximate surface area is 216 Å². The van der Waals surface area contributed by atoms with Gasteiger partial charge in [-0.05, 0) is 97.5 Å². The zero-order chi connectivity index (χ0) is 23.4. The van der Waals surface area contributed by atoms with Crippen molar-refractivity contribution in [2.45, 2.75) is 64.4 Å². The molecular weight excluding hydrogens is 486 g/mol. The van der Waals surface area contributed by atoms with Gasteiger partial charge in [-0.3, -0.25) is 0 Å². The van der Waals surface area contributed by atoms with Crippen LogP contribution in [-0.2, 0) is 17.1 Å². The zero-order valence-corrected chi connectivity index (χ0v) is 23.6. The van der Waals surface area contributed by atoms with Gasteiger partial charge >= 0.3 is 17.1 Å². The molecule has 33 heavy (non-hydrogen) atoms. The van der Waals surface area contributed by atoms with E-state index in [-0.39, 0.29) is 35.3 Å². The van der Waals surface area contributed by atoms with Crippen LogP contribution in [0.2, 0.25) is 0 Å². The zero-order valence-electron chi connectivity index (χ0n) is 20.7. The van der Waals surface area contributed by atoms with Gasteiger partial charge in [0.1, 0.15) is 11.0 Å². The molecule has 2 nitrogen and oxygen atoms in total. The van der Waals surface area contributed by atoms with Crippen LogP contribution in [0.1, 0.15) is 48.5 Å². The van der Waals surface area contributed by atoms with Crippen LogP contribution in [0.4, 0.5) is 0 Å². The first-order chi connectivity index (χ1) is 15.1. The predicted molar refractivity (Wildman–Crippen MR) is 140 cm³/mol. The second-order valence-electron chi connectivity index (χ2n) is 9.95. The molecule has 0 saturated heterocycles. The van der Waals surface area contributed by atoms with Crippen LogP contribution in [-0.4, -0.2) is 16.0 Å². The van der Waals surface area contributed by atoms with Gasteiger partial charge in [0.15, 0.2) is 0 Å². The summed E-state index contributed by atoms with van der Waals surface area (Å²) in [5.41, 5.74) is 3.86. The van der Waals surface area contributed by atoms with Crippen molar-refractivity contribution >= 4 is 26.8 Å². The molecule has 4 rings (SSSR count). The number of hydrogen-bond donors (Lipinski definition) is 0. The Morgan fingerprint density at radius 2 is 1.15 bits per heavy atom. The number of furan rings is 2. The summed E-state index contributed by atoms with van der Waals surface area (Å²) >= 11 is 0. The molecule has 2 heterocycles. The monoisotopic (exact) mass is 522 g/mol. The van der Waals surface area contributed by atoms with E-state index in [0.29, 0.717) is 5.66 Å². The van der Waals surface area contributed by atoms with Gasteiger partial charge in [0.25, 0.3) is 0 Å². The minimum Gasteiger partial charge on any atom is -0.464 e. The largest absolute Gasteiger partial charge is 2.00 e. The summed E-state index contributed by atoms with van der Waals surface area (Å²) < 4.78 is 11.7. The number of hydrogen-bond acceptors (Lipinski definition) is 2. The molecule has 0 aromatic carbocycles. The van der Waals surface area contributed by atoms with E-state index < -0.39 is 7.92 Å². The summed E-state index contributed by atoms with van der Waals surface area (Å²) in [6.45, 7) is 16.8. The molecule has 0 bridgehead atoms. The molecule has 176 valence electrons. The van der Waals surface area contributed by atoms with Crippen LogP contribution < -0.4 is 11.0 Å². The molecule has 10 radical (unpaired) electrons. The van der Waals surface area contributed by atoms with Crippen LogP contribution >= 0.6 is 15.8 Å². The van der Waals surface area contributed by atoms with E-state index in [1.165, 1.54) is 11.6 Å². The van der Waals surface area contributed by atoms with E-state index in [2.05, 4.69) is 79.9 Å². The molecule has 0 spiro atoms. The van der Waals surface area contributed by atoms with E-state index in [9.17, 15) is 0 Å². The van der Waals surface area contributed by atoms with Crippen molar-refractivity contribution in [2.24, 2.45) is 0 Å². The quantitative estimate of drug-likeness (QED) is 0.300. The third-order valence-corrected chi connectivity index (χ3v) is 11.6. The smallest absolute Gasteiger partial charge is 0.464 e. The van der Waals surface area contributed by atoms with Gasteiger partial charge in [-0.25, -0.2) is 0 Å². The fourth-order valence-electron chi connectivity index (χ4n) is 4.75. The molecule has 0 aliphatic heterocycles. The van der Waals surface area contributed by atoms with Gasteiger partial charge in [0.05, 0.1) is 12.5 Å². The summed E-state index contributed by atoms with van der Waals surface area (Å²) in [4.78, 5) is 0. The molecule has 2 aromatic rings. The maximum absolute atomic E-state index is 5.85. The maximum atomic E-state index is 5.85. The van der Waals surface area contributed by atoms with Crippen molar-refractivity contribution < 1.29 is 25.9 Å². The van der Waals surface area contributed by atoms with Crippen LogP contribution in [0.3, 0.4) is 0 Å². The van der Waals surface area contributed by atoms with E-state index in [0.717, 1.165) is 11.0 Å². The molecule has 5 heteroatoms. The maximum Gasteiger partial charge on any atom is 2.00 e. The molecular formula is C28H36FeO2P2+2. The SMILES string of the molecule is C[C@H]([C]1[CH][CH][CH][C]1P(c1ccco1)c1ccco1)P(C(C)(C)C)C(C)(C)C.[CH]1[CH][CH][CH][CH]1.[Fe+2]. The Balaban J connectivity index is 0.000000568. The van der Waals surface area contributed by atoms with Gasteiger partial charge in [-0.1, -0.05) is 56.4 Å². The molecule has 2 fully saturated rings. The van der Waals surface area contributed by atoms with Crippen molar-refractivity contribution in [1.82, 2.24) is 0 Å². The number of rotatable bonds is 5. The van der Waals surface area contributed by atoms with Crippen molar-refractivity contribution in [3.05, 3.63) is 99.7 Å². The Kier molecular flexibility index (Phi) is 11.3. The van der Waals surface area contributed by atoms with Crippen molar-refractivity contribution in [2.75, 3.05) is 0 Å². The molecule has 2 aliphatic carbocycles. The topological polar surface area (TPSA) is 26.3 Å². The van der Waals surface area contributed by atoms with Gasteiger partial charge in [-0.2, -0.15) is 0 Å². The van der Waals surface area contributed by atoms with Crippen molar-refractivity contribution in [3.8, 4) is 0 Å². The molecule has 0 unspecified atom stereocenters. The third-order valence-electron chi connectivity index (χ3n) is 5.36. The van der Waals surface area contributed by atoms with Gasteiger partial charge in [0, 0.05) is 13.6 Å². The summed E-state index contributed by atoms with van der Waals surface area (Å²) in [6, 6.07) is 8.09. The Hall–Kier alpha value is -0.0605. The minimum absolute atomic E-state index is 0. The van der Waals surface area contributed by atoms with Crippen LogP contribution in [0.25, 0.3) is 0 Å². The fraction of sp³-hybridized carbons (Fsp3) is 0.357. The molecule has 0 N–H and O–H groups in total. The third kappa shape index (κ3) is 7.71. The second-order valence-corrected chi connectivity index (χ2v) is 16.2. The molecule has 2 saturated carbocycles. The summed E-state index contributed by atoms with van der Waals surface area (Å²) in [5.74, 6) is 1.45. The first-order valence-corrected chi connectivity index (χ1v) is 13.9. The van der Waals surface area contributed by atoms with Crippen molar-refractivity contribution in [3.63, 3.8) is 0 Å². The van der Waals surface area contributed by atoms with Crippen molar-refractivity contribution in [1.29, 1.82) is 0 Å². The van der Waals surface area contributed by atoms with Crippen LogP contribution in [0, 0.1) is 62.9 Å². The fourth-order valence-corrected chi connectivity index (χ4v) is 11.9. The first-order valence-electron chi connectivity index (χ1n) is 11.2. The minimum atomic E-state index is -0.808. The van der Waals surface area contributed by atoms with E-state index >= 15 is 0 Å². The summed E-state index contributed by atoms with van der Waals surface area (Å²) in [6.07, 6.45) is 20.3. The normalized spacial score (nSPS) is 18.9. The standard InChI is InChI=1S/C23H31O2P2.C5H5.Fe/c1-17(27(22(2,3)4)23(5,6)7)18-11-8-12-19(18)26(20-13-9-15-24-20)21-14-10-16-25-21;1-2-4-5-3-1;/h8-17H,1-7H3;1-5H;/q;;+2/t17-;;/m1../s1. The molecule has 2 aromatic heterocycles. The van der Waals surface area contributed by atoms with Gasteiger partial charge in [0.2, 0.25) is 0 Å². The molecule has 1 atom stereocenters. The average molecular weight is 522 g/mol. The Morgan fingerprint density at radius 3 is 1.52 bits per heavy atom. The Morgan fingerprint density at radius 1 is 0.697 bits per heavy atom. The predicted octanol–water partition coefficient (Wildman–Crippen LogP) is 7.52. The summed E-state index contributed by atoms with van der Waals surface area (Å²) in [5, 5.41) is 0.555.